The van der Waals surface area contributed by atoms with E-state index in [4.69, 9.17) is 4.74 Å². The van der Waals surface area contributed by atoms with E-state index in [1.807, 2.05) is 24.3 Å². The maximum Gasteiger partial charge on any atom is 0.235 e. The summed E-state index contributed by atoms with van der Waals surface area (Å²) < 4.78 is 5.82. The fourth-order valence-electron chi connectivity index (χ4n) is 2.59. The van der Waals surface area contributed by atoms with Gasteiger partial charge in [0, 0.05) is 0 Å². The second-order valence-electron chi connectivity index (χ2n) is 5.28. The number of carbonyl (C=O) groups excluding carboxylic acids is 1. The predicted octanol–water partition coefficient (Wildman–Crippen LogP) is 3.33. The minimum Gasteiger partial charge on any atom is -0.490 e. The third-order valence-corrected chi connectivity index (χ3v) is 4.19. The van der Waals surface area contributed by atoms with E-state index in [0.717, 1.165) is 30.6 Å². The molecule has 0 aliphatic heterocycles. The molecular weight excluding hydrogens is 226 g/mol. The van der Waals surface area contributed by atoms with E-state index in [1.54, 1.807) is 6.08 Å². The van der Waals surface area contributed by atoms with E-state index in [-0.39, 0.29) is 5.54 Å². The Morgan fingerprint density at radius 2 is 1.89 bits per heavy atom. The largest absolute Gasteiger partial charge is 0.490 e. The molecule has 18 heavy (non-hydrogen) atoms. The van der Waals surface area contributed by atoms with Gasteiger partial charge in [0.15, 0.2) is 0 Å². The van der Waals surface area contributed by atoms with Crippen molar-refractivity contribution in [3.63, 3.8) is 0 Å². The molecule has 0 N–H and O–H groups in total. The van der Waals surface area contributed by atoms with E-state index in [0.29, 0.717) is 6.10 Å². The monoisotopic (exact) mass is 243 g/mol. The summed E-state index contributed by atoms with van der Waals surface area (Å²) in [4.78, 5) is 14.5. The van der Waals surface area contributed by atoms with Crippen LogP contribution in [0.1, 0.15) is 44.1 Å². The molecule has 0 amide bonds. The maximum absolute atomic E-state index is 10.5. The molecule has 0 heterocycles. The summed E-state index contributed by atoms with van der Waals surface area (Å²) in [7, 11) is 0. The van der Waals surface area contributed by atoms with Gasteiger partial charge in [0.05, 0.1) is 11.6 Å². The normalized spacial score (nSPS) is 21.3. The van der Waals surface area contributed by atoms with E-state index in [1.165, 1.54) is 19.3 Å². The standard InChI is InChI=1S/C15H17NO2/c17-11-16-15(9-2-10-15)12-5-7-14(8-6-12)18-13-3-1-4-13/h5-8,13H,1-4,9-10H2. The molecule has 2 aliphatic carbocycles. The van der Waals surface area contributed by atoms with Crippen LogP contribution in [0, 0.1) is 0 Å². The van der Waals surface area contributed by atoms with E-state index < -0.39 is 0 Å². The highest BCUT2D eigenvalue weighted by Gasteiger charge is 2.38. The van der Waals surface area contributed by atoms with Crippen LogP contribution in [0.5, 0.6) is 5.75 Å². The van der Waals surface area contributed by atoms with Crippen molar-refractivity contribution in [3.8, 4) is 5.75 Å². The Morgan fingerprint density at radius 3 is 2.33 bits per heavy atom. The first-order valence-corrected chi connectivity index (χ1v) is 6.69. The SMILES string of the molecule is O=C=NC1(c2ccc(OC3CCC3)cc2)CCC1. The first-order chi connectivity index (χ1) is 8.82. The minimum absolute atomic E-state index is 0.295. The molecule has 3 nitrogen and oxygen atoms in total. The lowest BCUT2D eigenvalue weighted by Gasteiger charge is -2.37. The van der Waals surface area contributed by atoms with Crippen molar-refractivity contribution < 1.29 is 9.53 Å². The number of hydrogen-bond acceptors (Lipinski definition) is 3. The van der Waals surface area contributed by atoms with Gasteiger partial charge >= 0.3 is 0 Å². The molecular formula is C15H17NO2. The second kappa shape index (κ2) is 4.58. The second-order valence-corrected chi connectivity index (χ2v) is 5.28. The molecule has 2 saturated carbocycles. The maximum atomic E-state index is 10.5. The molecule has 1 aromatic carbocycles. The van der Waals surface area contributed by atoms with Gasteiger partial charge in [0.1, 0.15) is 5.75 Å². The van der Waals surface area contributed by atoms with Crippen LogP contribution in [0.2, 0.25) is 0 Å². The molecule has 0 radical (unpaired) electrons. The van der Waals surface area contributed by atoms with Crippen LogP contribution in [0.25, 0.3) is 0 Å². The van der Waals surface area contributed by atoms with Crippen LogP contribution in [0.15, 0.2) is 29.3 Å². The first-order valence-electron chi connectivity index (χ1n) is 6.69. The number of benzene rings is 1. The molecule has 1 aromatic rings. The van der Waals surface area contributed by atoms with Gasteiger partial charge in [-0.05, 0) is 56.2 Å². The summed E-state index contributed by atoms with van der Waals surface area (Å²) >= 11 is 0. The lowest BCUT2D eigenvalue weighted by molar-refractivity contribution is 0.120. The van der Waals surface area contributed by atoms with Crippen LogP contribution in [0.3, 0.4) is 0 Å². The van der Waals surface area contributed by atoms with Crippen molar-refractivity contribution in [2.45, 2.75) is 50.2 Å². The summed E-state index contributed by atoms with van der Waals surface area (Å²) in [6.07, 6.45) is 8.76. The Bertz CT molecular complexity index is 466. The van der Waals surface area contributed by atoms with E-state index in [2.05, 4.69) is 4.99 Å². The summed E-state index contributed by atoms with van der Waals surface area (Å²) in [6, 6.07) is 8.06. The smallest absolute Gasteiger partial charge is 0.235 e. The Hall–Kier alpha value is -1.60. The van der Waals surface area contributed by atoms with Crippen molar-refractivity contribution in [1.82, 2.24) is 0 Å². The number of rotatable bonds is 4. The van der Waals surface area contributed by atoms with Gasteiger partial charge < -0.3 is 4.74 Å². The molecule has 2 fully saturated rings. The molecule has 0 saturated heterocycles. The zero-order valence-corrected chi connectivity index (χ0v) is 10.4. The Balaban J connectivity index is 1.75. The van der Waals surface area contributed by atoms with Gasteiger partial charge in [-0.15, -0.1) is 0 Å². The van der Waals surface area contributed by atoms with Gasteiger partial charge in [0.2, 0.25) is 6.08 Å². The Kier molecular flexibility index (Phi) is 2.92. The van der Waals surface area contributed by atoms with E-state index in [9.17, 15) is 4.79 Å². The third kappa shape index (κ3) is 1.95. The van der Waals surface area contributed by atoms with Gasteiger partial charge in [-0.3, -0.25) is 0 Å². The van der Waals surface area contributed by atoms with Crippen molar-refractivity contribution in [1.29, 1.82) is 0 Å². The fraction of sp³-hybridized carbons (Fsp3) is 0.533. The third-order valence-electron chi connectivity index (χ3n) is 4.19. The lowest BCUT2D eigenvalue weighted by atomic mass is 9.72. The lowest BCUT2D eigenvalue weighted by Crippen LogP contribution is -2.31. The molecule has 0 spiro atoms. The molecule has 3 heteroatoms. The zero-order chi connectivity index (χ0) is 12.4. The minimum atomic E-state index is -0.295. The fourth-order valence-corrected chi connectivity index (χ4v) is 2.59. The first kappa shape index (κ1) is 11.5. The molecule has 0 bridgehead atoms. The molecule has 94 valence electrons. The Labute approximate surface area is 107 Å². The molecule has 3 rings (SSSR count). The van der Waals surface area contributed by atoms with Gasteiger partial charge in [-0.2, -0.15) is 4.99 Å². The van der Waals surface area contributed by atoms with E-state index >= 15 is 0 Å². The zero-order valence-electron chi connectivity index (χ0n) is 10.4. The molecule has 0 aromatic heterocycles. The van der Waals surface area contributed by atoms with Crippen molar-refractivity contribution in [2.24, 2.45) is 4.99 Å². The highest BCUT2D eigenvalue weighted by Crippen LogP contribution is 2.45. The van der Waals surface area contributed by atoms with Crippen LogP contribution in [-0.4, -0.2) is 12.2 Å². The van der Waals surface area contributed by atoms with Crippen LogP contribution < -0.4 is 4.74 Å². The quantitative estimate of drug-likeness (QED) is 0.601. The highest BCUT2D eigenvalue weighted by molar-refractivity contribution is 5.40. The number of hydrogen-bond donors (Lipinski definition) is 0. The average Bonchev–Trinajstić information content (AvgIpc) is 2.30. The van der Waals surface area contributed by atoms with Gasteiger partial charge in [0.25, 0.3) is 0 Å². The van der Waals surface area contributed by atoms with Crippen molar-refractivity contribution in [2.75, 3.05) is 0 Å². The molecule has 2 aliphatic rings. The number of aliphatic imine (C=N–C) groups is 1. The van der Waals surface area contributed by atoms with Crippen molar-refractivity contribution >= 4 is 6.08 Å². The number of nitrogens with zero attached hydrogens (tertiary/aromatic N) is 1. The van der Waals surface area contributed by atoms with Crippen molar-refractivity contribution in [3.05, 3.63) is 29.8 Å². The number of ether oxygens (including phenoxy) is 1. The molecule has 0 atom stereocenters. The topological polar surface area (TPSA) is 38.7 Å². The summed E-state index contributed by atoms with van der Waals surface area (Å²) in [6.45, 7) is 0. The van der Waals surface area contributed by atoms with Gasteiger partial charge in [-0.25, -0.2) is 4.79 Å². The van der Waals surface area contributed by atoms with Crippen LogP contribution in [0.4, 0.5) is 0 Å². The van der Waals surface area contributed by atoms with Gasteiger partial charge in [-0.1, -0.05) is 12.1 Å². The summed E-state index contributed by atoms with van der Waals surface area (Å²) in [5, 5.41) is 0. The summed E-state index contributed by atoms with van der Waals surface area (Å²) in [5.41, 5.74) is 0.814. The highest BCUT2D eigenvalue weighted by atomic mass is 16.5. The average molecular weight is 243 g/mol. The summed E-state index contributed by atoms with van der Waals surface area (Å²) in [5.74, 6) is 0.924. The number of isocyanates is 1. The Morgan fingerprint density at radius 1 is 1.17 bits per heavy atom. The molecule has 0 unspecified atom stereocenters. The predicted molar refractivity (Wildman–Crippen MR) is 68.4 cm³/mol. The van der Waals surface area contributed by atoms with Crippen LogP contribution >= 0.6 is 0 Å². The van der Waals surface area contributed by atoms with Crippen LogP contribution in [-0.2, 0) is 10.3 Å².